The zero-order valence-electron chi connectivity index (χ0n) is 14.2. The number of nitrogens with zero attached hydrogens (tertiary/aromatic N) is 3. The normalized spacial score (nSPS) is 13.7. The summed E-state index contributed by atoms with van der Waals surface area (Å²) in [7, 11) is 0. The van der Waals surface area contributed by atoms with Gasteiger partial charge in [-0.3, -0.25) is 10.1 Å². The number of hydrazine groups is 2. The maximum atomic E-state index is 9.45. The van der Waals surface area contributed by atoms with Gasteiger partial charge in [-0.25, -0.2) is 4.98 Å². The van der Waals surface area contributed by atoms with E-state index in [1.54, 1.807) is 0 Å². The first-order chi connectivity index (χ1) is 12.7. The molecule has 1 aliphatic rings. The van der Waals surface area contributed by atoms with E-state index in [1.165, 1.54) is 0 Å². The zero-order chi connectivity index (χ0) is 17.9. The summed E-state index contributed by atoms with van der Waals surface area (Å²) < 4.78 is 1.91. The van der Waals surface area contributed by atoms with Crippen molar-refractivity contribution in [3.63, 3.8) is 0 Å². The molecule has 0 aliphatic carbocycles. The molecule has 4 rings (SSSR count). The van der Waals surface area contributed by atoms with Crippen molar-refractivity contribution in [3.05, 3.63) is 65.5 Å². The summed E-state index contributed by atoms with van der Waals surface area (Å²) in [4.78, 5) is 4.25. The number of rotatable bonds is 6. The van der Waals surface area contributed by atoms with E-state index < -0.39 is 0 Å². The quantitative estimate of drug-likeness (QED) is 0.459. The van der Waals surface area contributed by atoms with Gasteiger partial charge in [0.1, 0.15) is 5.82 Å². The lowest BCUT2D eigenvalue weighted by Gasteiger charge is -2.17. The number of aliphatic hydroxyl groups is 1. The summed E-state index contributed by atoms with van der Waals surface area (Å²) in [5.41, 5.74) is 18.8. The van der Waals surface area contributed by atoms with Crippen LogP contribution in [-0.4, -0.2) is 26.5 Å². The van der Waals surface area contributed by atoms with Crippen LogP contribution in [0.2, 0.25) is 0 Å². The number of nitrogen functional groups attached to an aromatic ring is 1. The summed E-state index contributed by atoms with van der Waals surface area (Å²) in [6.07, 6.45) is 5.16. The standard InChI is InChI=1S/C18H21N7O/c19-16-9-14(17-18(21-16)23-24-22-17)8-12-10-20-25(11-12)15(6-7-26)13-4-2-1-3-5-13/h1-5,9-11,15,22,24,26H,6-8H2,(H3,19,21,23). The van der Waals surface area contributed by atoms with Crippen LogP contribution >= 0.6 is 0 Å². The molecule has 0 bridgehead atoms. The molecule has 1 unspecified atom stereocenters. The molecule has 8 heteroatoms. The average Bonchev–Trinajstić information content (AvgIpc) is 3.30. The number of aliphatic hydroxyl groups excluding tert-OH is 1. The van der Waals surface area contributed by atoms with Gasteiger partial charge in [0.15, 0.2) is 5.82 Å². The summed E-state index contributed by atoms with van der Waals surface area (Å²) in [6, 6.07) is 12.0. The van der Waals surface area contributed by atoms with Gasteiger partial charge in [0.25, 0.3) is 0 Å². The highest BCUT2D eigenvalue weighted by atomic mass is 16.3. The SMILES string of the molecule is Nc1cc(Cc2cnn(C(CCO)c3ccccc3)c2)c2c(n1)NNN2. The van der Waals surface area contributed by atoms with Gasteiger partial charge >= 0.3 is 0 Å². The van der Waals surface area contributed by atoms with Crippen molar-refractivity contribution in [1.29, 1.82) is 0 Å². The Bertz CT molecular complexity index is 894. The van der Waals surface area contributed by atoms with E-state index in [1.807, 2.05) is 41.3 Å². The van der Waals surface area contributed by atoms with Crippen molar-refractivity contribution in [2.45, 2.75) is 18.9 Å². The van der Waals surface area contributed by atoms with Crippen LogP contribution in [-0.2, 0) is 6.42 Å². The molecule has 6 N–H and O–H groups in total. The first-order valence-corrected chi connectivity index (χ1v) is 8.50. The molecule has 1 aliphatic heterocycles. The van der Waals surface area contributed by atoms with Crippen molar-refractivity contribution in [2.24, 2.45) is 0 Å². The third-order valence-electron chi connectivity index (χ3n) is 4.45. The van der Waals surface area contributed by atoms with Gasteiger partial charge in [-0.15, -0.1) is 5.53 Å². The summed E-state index contributed by atoms with van der Waals surface area (Å²) in [5, 5.41) is 14.0. The Balaban J connectivity index is 1.60. The van der Waals surface area contributed by atoms with Gasteiger partial charge < -0.3 is 16.3 Å². The van der Waals surface area contributed by atoms with Gasteiger partial charge in [0, 0.05) is 19.2 Å². The van der Waals surface area contributed by atoms with Crippen LogP contribution in [0.3, 0.4) is 0 Å². The molecule has 1 atom stereocenters. The fourth-order valence-corrected chi connectivity index (χ4v) is 3.25. The highest BCUT2D eigenvalue weighted by Crippen LogP contribution is 2.30. The Kier molecular flexibility index (Phi) is 4.42. The van der Waals surface area contributed by atoms with E-state index in [0.29, 0.717) is 24.5 Å². The Morgan fingerprint density at radius 2 is 2.04 bits per heavy atom. The number of anilines is 3. The van der Waals surface area contributed by atoms with Crippen molar-refractivity contribution in [1.82, 2.24) is 20.3 Å². The van der Waals surface area contributed by atoms with E-state index in [2.05, 4.69) is 38.6 Å². The molecule has 1 aromatic carbocycles. The molecule has 0 fully saturated rings. The monoisotopic (exact) mass is 351 g/mol. The van der Waals surface area contributed by atoms with Gasteiger partial charge in [-0.05, 0) is 29.2 Å². The summed E-state index contributed by atoms with van der Waals surface area (Å²) in [6.45, 7) is 0.102. The lowest BCUT2D eigenvalue weighted by Crippen LogP contribution is -2.19. The first kappa shape index (κ1) is 16.4. The van der Waals surface area contributed by atoms with Crippen LogP contribution in [0.15, 0.2) is 48.8 Å². The minimum absolute atomic E-state index is 0.00429. The van der Waals surface area contributed by atoms with E-state index in [9.17, 15) is 5.11 Å². The lowest BCUT2D eigenvalue weighted by atomic mass is 10.0. The molecular formula is C18H21N7O. The number of aromatic nitrogens is 3. The Morgan fingerprint density at radius 3 is 2.85 bits per heavy atom. The average molecular weight is 351 g/mol. The molecule has 0 saturated carbocycles. The number of fused-ring (bicyclic) bond motifs is 1. The van der Waals surface area contributed by atoms with Crippen LogP contribution in [0.4, 0.5) is 17.3 Å². The Labute approximate surface area is 151 Å². The molecule has 0 amide bonds. The minimum Gasteiger partial charge on any atom is -0.396 e. The summed E-state index contributed by atoms with van der Waals surface area (Å²) >= 11 is 0. The lowest BCUT2D eigenvalue weighted by molar-refractivity contribution is 0.263. The van der Waals surface area contributed by atoms with Crippen molar-refractivity contribution in [3.8, 4) is 0 Å². The van der Waals surface area contributed by atoms with Gasteiger partial charge in [0.05, 0.1) is 17.9 Å². The van der Waals surface area contributed by atoms with Crippen LogP contribution in [0.1, 0.15) is 29.2 Å². The molecule has 0 spiro atoms. The Hall–Kier alpha value is -3.10. The predicted octanol–water partition coefficient (Wildman–Crippen LogP) is 1.68. The van der Waals surface area contributed by atoms with E-state index >= 15 is 0 Å². The first-order valence-electron chi connectivity index (χ1n) is 8.50. The van der Waals surface area contributed by atoms with Crippen LogP contribution in [0, 0.1) is 0 Å². The number of nitrogens with one attached hydrogen (secondary N) is 3. The third kappa shape index (κ3) is 3.19. The van der Waals surface area contributed by atoms with Crippen molar-refractivity contribution < 1.29 is 5.11 Å². The van der Waals surface area contributed by atoms with Crippen molar-refractivity contribution >= 4 is 17.3 Å². The molecule has 3 aromatic rings. The number of hydrogen-bond acceptors (Lipinski definition) is 7. The number of nitrogens with two attached hydrogens (primary N) is 1. The molecule has 0 radical (unpaired) electrons. The number of pyridine rings is 1. The molecule has 3 heterocycles. The highest BCUT2D eigenvalue weighted by Gasteiger charge is 2.18. The van der Waals surface area contributed by atoms with Gasteiger partial charge in [0.2, 0.25) is 0 Å². The maximum absolute atomic E-state index is 9.45. The van der Waals surface area contributed by atoms with Crippen LogP contribution in [0.5, 0.6) is 0 Å². The summed E-state index contributed by atoms with van der Waals surface area (Å²) in [5.74, 6) is 1.15. The zero-order valence-corrected chi connectivity index (χ0v) is 14.2. The molecule has 8 nitrogen and oxygen atoms in total. The number of hydrogen-bond donors (Lipinski definition) is 5. The molecule has 0 saturated heterocycles. The fraction of sp³-hybridized carbons (Fsp3) is 0.222. The van der Waals surface area contributed by atoms with Crippen LogP contribution < -0.4 is 22.1 Å². The molecular weight excluding hydrogens is 330 g/mol. The molecule has 26 heavy (non-hydrogen) atoms. The van der Waals surface area contributed by atoms with E-state index in [0.717, 1.165) is 22.4 Å². The topological polar surface area (TPSA) is 113 Å². The van der Waals surface area contributed by atoms with Crippen molar-refractivity contribution in [2.75, 3.05) is 23.2 Å². The maximum Gasteiger partial charge on any atom is 0.169 e. The van der Waals surface area contributed by atoms with E-state index in [4.69, 9.17) is 5.73 Å². The largest absolute Gasteiger partial charge is 0.396 e. The van der Waals surface area contributed by atoms with Gasteiger partial charge in [-0.2, -0.15) is 5.10 Å². The minimum atomic E-state index is 0.00429. The predicted molar refractivity (Wildman–Crippen MR) is 100 cm³/mol. The van der Waals surface area contributed by atoms with Crippen LogP contribution in [0.25, 0.3) is 0 Å². The fourth-order valence-electron chi connectivity index (χ4n) is 3.25. The smallest absolute Gasteiger partial charge is 0.169 e. The molecule has 134 valence electrons. The third-order valence-corrected chi connectivity index (χ3v) is 4.45. The number of benzene rings is 1. The highest BCUT2D eigenvalue weighted by molar-refractivity contribution is 5.74. The van der Waals surface area contributed by atoms with E-state index in [-0.39, 0.29) is 12.6 Å². The second-order valence-electron chi connectivity index (χ2n) is 6.25. The Morgan fingerprint density at radius 1 is 1.19 bits per heavy atom. The second kappa shape index (κ2) is 7.03. The second-order valence-corrected chi connectivity index (χ2v) is 6.25. The molecule has 2 aromatic heterocycles. The van der Waals surface area contributed by atoms with Gasteiger partial charge in [-0.1, -0.05) is 30.3 Å².